The van der Waals surface area contributed by atoms with Gasteiger partial charge >= 0.3 is 5.97 Å². The van der Waals surface area contributed by atoms with Crippen LogP contribution in [0.25, 0.3) is 0 Å². The van der Waals surface area contributed by atoms with Crippen LogP contribution in [0.15, 0.2) is 12.1 Å². The lowest BCUT2D eigenvalue weighted by molar-refractivity contribution is 0.0666. The third kappa shape index (κ3) is 2.91. The van der Waals surface area contributed by atoms with Crippen molar-refractivity contribution in [3.63, 3.8) is 0 Å². The number of rotatable bonds is 5. The molecule has 0 aliphatic heterocycles. The van der Waals surface area contributed by atoms with Gasteiger partial charge in [0.1, 0.15) is 0 Å². The van der Waals surface area contributed by atoms with E-state index in [1.807, 2.05) is 0 Å². The van der Waals surface area contributed by atoms with Gasteiger partial charge < -0.3 is 25.2 Å². The van der Waals surface area contributed by atoms with E-state index in [2.05, 4.69) is 0 Å². The molecule has 0 saturated heterocycles. The first-order chi connectivity index (χ1) is 8.38. The predicted octanol–water partition coefficient (Wildman–Crippen LogP) is 0.903. The quantitative estimate of drug-likeness (QED) is 0.623. The highest BCUT2D eigenvalue weighted by atomic mass is 16.5. The van der Waals surface area contributed by atoms with Crippen LogP contribution in [0.2, 0.25) is 0 Å². The first kappa shape index (κ1) is 14.3. The molecular weight excluding hydrogens is 240 g/mol. The van der Waals surface area contributed by atoms with Crippen LogP contribution in [-0.4, -0.2) is 39.6 Å². The lowest BCUT2D eigenvalue weighted by Gasteiger charge is -2.19. The van der Waals surface area contributed by atoms with Gasteiger partial charge in [0.2, 0.25) is 0 Å². The Bertz CT molecular complexity index is 440. The summed E-state index contributed by atoms with van der Waals surface area (Å²) in [5, 5.41) is 37.8. The van der Waals surface area contributed by atoms with Crippen molar-refractivity contribution < 1.29 is 30.0 Å². The van der Waals surface area contributed by atoms with Crippen LogP contribution < -0.4 is 4.74 Å². The van der Waals surface area contributed by atoms with Gasteiger partial charge in [-0.1, -0.05) is 0 Å². The maximum Gasteiger partial charge on any atom is 0.336 e. The van der Waals surface area contributed by atoms with Gasteiger partial charge in [0.05, 0.1) is 24.9 Å². The number of hydrogen-bond donors (Lipinski definition) is 4. The maximum absolute atomic E-state index is 11.1. The van der Waals surface area contributed by atoms with Crippen molar-refractivity contribution in [3.8, 4) is 11.5 Å². The normalized spacial score (nSPS) is 14.0. The van der Waals surface area contributed by atoms with Crippen molar-refractivity contribution in [2.75, 3.05) is 7.11 Å². The molecule has 0 aliphatic carbocycles. The minimum atomic E-state index is -1.24. The molecule has 1 aromatic rings. The summed E-state index contributed by atoms with van der Waals surface area (Å²) >= 11 is 0. The van der Waals surface area contributed by atoms with E-state index < -0.39 is 18.2 Å². The number of hydrogen-bond acceptors (Lipinski definition) is 5. The molecule has 0 fully saturated rings. The molecule has 2 atom stereocenters. The van der Waals surface area contributed by atoms with E-state index in [0.717, 1.165) is 0 Å². The first-order valence-corrected chi connectivity index (χ1v) is 5.37. The molecule has 0 aromatic heterocycles. The summed E-state index contributed by atoms with van der Waals surface area (Å²) in [6, 6.07) is 2.36. The number of aromatic carboxylic acids is 1. The summed E-state index contributed by atoms with van der Waals surface area (Å²) in [4.78, 5) is 11.1. The predicted molar refractivity (Wildman–Crippen MR) is 62.9 cm³/mol. The molecule has 0 radical (unpaired) electrons. The van der Waals surface area contributed by atoms with Crippen molar-refractivity contribution >= 4 is 5.97 Å². The Hall–Kier alpha value is -1.79. The lowest BCUT2D eigenvalue weighted by atomic mass is 9.97. The van der Waals surface area contributed by atoms with Gasteiger partial charge in [-0.15, -0.1) is 0 Å². The van der Waals surface area contributed by atoms with Crippen LogP contribution in [-0.2, 0) is 0 Å². The van der Waals surface area contributed by atoms with E-state index in [1.165, 1.54) is 26.2 Å². The second kappa shape index (κ2) is 5.70. The maximum atomic E-state index is 11.1. The molecule has 0 aliphatic rings. The molecule has 0 amide bonds. The Balaban J connectivity index is 3.35. The van der Waals surface area contributed by atoms with E-state index in [0.29, 0.717) is 0 Å². The highest BCUT2D eigenvalue weighted by Gasteiger charge is 2.25. The van der Waals surface area contributed by atoms with Crippen LogP contribution in [0.1, 0.15) is 35.4 Å². The zero-order valence-corrected chi connectivity index (χ0v) is 10.1. The second-order valence-electron chi connectivity index (χ2n) is 3.98. The molecule has 0 saturated carbocycles. The van der Waals surface area contributed by atoms with Gasteiger partial charge in [-0.3, -0.25) is 0 Å². The number of benzene rings is 1. The highest BCUT2D eigenvalue weighted by Crippen LogP contribution is 2.38. The molecule has 18 heavy (non-hydrogen) atoms. The fourth-order valence-electron chi connectivity index (χ4n) is 1.76. The van der Waals surface area contributed by atoms with Crippen molar-refractivity contribution in [1.82, 2.24) is 0 Å². The van der Waals surface area contributed by atoms with Gasteiger partial charge in [-0.25, -0.2) is 4.79 Å². The number of methoxy groups -OCH3 is 1. The molecule has 0 bridgehead atoms. The third-order valence-corrected chi connectivity index (χ3v) is 2.51. The van der Waals surface area contributed by atoms with E-state index in [-0.39, 0.29) is 29.0 Å². The minimum absolute atomic E-state index is 0.0362. The molecule has 1 rings (SSSR count). The zero-order valence-electron chi connectivity index (χ0n) is 10.1. The molecule has 100 valence electrons. The highest BCUT2D eigenvalue weighted by molar-refractivity contribution is 5.91. The zero-order chi connectivity index (χ0) is 13.9. The summed E-state index contributed by atoms with van der Waals surface area (Å²) < 4.78 is 4.91. The number of ether oxygens (including phenoxy) is 1. The lowest BCUT2D eigenvalue weighted by Crippen LogP contribution is -2.13. The topological polar surface area (TPSA) is 107 Å². The molecule has 0 heterocycles. The van der Waals surface area contributed by atoms with Gasteiger partial charge in [-0.2, -0.15) is 0 Å². The second-order valence-corrected chi connectivity index (χ2v) is 3.98. The molecule has 1 aromatic carbocycles. The van der Waals surface area contributed by atoms with Crippen molar-refractivity contribution in [1.29, 1.82) is 0 Å². The van der Waals surface area contributed by atoms with Gasteiger partial charge in [0.25, 0.3) is 0 Å². The summed E-state index contributed by atoms with van der Waals surface area (Å²) in [6.45, 7) is 1.47. The number of carbonyl (C=O) groups is 1. The molecule has 2 unspecified atom stereocenters. The smallest absolute Gasteiger partial charge is 0.336 e. The van der Waals surface area contributed by atoms with Crippen LogP contribution in [0, 0.1) is 0 Å². The van der Waals surface area contributed by atoms with Crippen LogP contribution in [0.4, 0.5) is 0 Å². The van der Waals surface area contributed by atoms with Crippen LogP contribution in [0.5, 0.6) is 11.5 Å². The monoisotopic (exact) mass is 256 g/mol. The van der Waals surface area contributed by atoms with E-state index in [1.54, 1.807) is 0 Å². The summed E-state index contributed by atoms with van der Waals surface area (Å²) in [5.41, 5.74) is -0.205. The molecule has 0 spiro atoms. The Morgan fingerprint density at radius 3 is 2.44 bits per heavy atom. The number of phenols is 1. The van der Waals surface area contributed by atoms with E-state index >= 15 is 0 Å². The Labute approximate surface area is 104 Å². The van der Waals surface area contributed by atoms with Crippen LogP contribution in [0.3, 0.4) is 0 Å². The fraction of sp³-hybridized carbons (Fsp3) is 0.417. The van der Waals surface area contributed by atoms with Crippen molar-refractivity contribution in [3.05, 3.63) is 23.3 Å². The third-order valence-electron chi connectivity index (χ3n) is 2.51. The molecule has 6 nitrogen and oxygen atoms in total. The SMILES string of the molecule is COc1c(O)ccc(C(=O)O)c1C(O)CC(C)O. The van der Waals surface area contributed by atoms with Crippen LogP contribution >= 0.6 is 0 Å². The van der Waals surface area contributed by atoms with Crippen molar-refractivity contribution in [2.45, 2.75) is 25.6 Å². The number of phenolic OH excluding ortho intramolecular Hbond substituents is 1. The van der Waals surface area contributed by atoms with Gasteiger partial charge in [0.15, 0.2) is 11.5 Å². The first-order valence-electron chi connectivity index (χ1n) is 5.37. The Morgan fingerprint density at radius 2 is 2.00 bits per heavy atom. The van der Waals surface area contributed by atoms with Crippen molar-refractivity contribution in [2.24, 2.45) is 0 Å². The number of aliphatic hydroxyl groups is 2. The fourth-order valence-corrected chi connectivity index (χ4v) is 1.76. The summed E-state index contributed by atoms with van der Waals surface area (Å²) in [5.74, 6) is -1.60. The van der Waals surface area contributed by atoms with E-state index in [9.17, 15) is 20.1 Å². The number of carboxylic acid groups (broad SMARTS) is 1. The van der Waals surface area contributed by atoms with E-state index in [4.69, 9.17) is 9.84 Å². The minimum Gasteiger partial charge on any atom is -0.504 e. The number of carboxylic acids is 1. The van der Waals surface area contributed by atoms with Gasteiger partial charge in [0, 0.05) is 12.0 Å². The number of aromatic hydroxyl groups is 1. The standard InChI is InChI=1S/C12H16O6/c1-6(13)5-9(15)10-7(12(16)17)3-4-8(14)11(10)18-2/h3-4,6,9,13-15H,5H2,1-2H3,(H,16,17). The summed E-state index contributed by atoms with van der Waals surface area (Å²) in [6.07, 6.45) is -2.10. The number of aliphatic hydroxyl groups excluding tert-OH is 2. The Kier molecular flexibility index (Phi) is 4.52. The molecule has 6 heteroatoms. The molecule has 4 N–H and O–H groups in total. The summed E-state index contributed by atoms with van der Waals surface area (Å²) in [7, 11) is 1.26. The average molecular weight is 256 g/mol. The molecular formula is C12H16O6. The largest absolute Gasteiger partial charge is 0.504 e. The average Bonchev–Trinajstić information content (AvgIpc) is 2.26. The Morgan fingerprint density at radius 1 is 1.39 bits per heavy atom. The van der Waals surface area contributed by atoms with Gasteiger partial charge in [-0.05, 0) is 19.1 Å².